The lowest BCUT2D eigenvalue weighted by molar-refractivity contribution is -0.143. The molecule has 0 heterocycles. The molecule has 35 heavy (non-hydrogen) atoms. The lowest BCUT2D eigenvalue weighted by atomic mass is 9.98. The molecule has 0 aromatic heterocycles. The summed E-state index contributed by atoms with van der Waals surface area (Å²) in [5.74, 6) is -0.419. The molecule has 182 valence electrons. The third kappa shape index (κ3) is 4.07. The number of nitrogens with one attached hydrogen (secondary N) is 2. The first kappa shape index (κ1) is 22.1. The monoisotopic (exact) mass is 474 g/mol. The minimum Gasteiger partial charge on any atom is -0.481 e. The number of aliphatic carboxylic acids is 1. The van der Waals surface area contributed by atoms with Crippen molar-refractivity contribution < 1.29 is 24.2 Å². The SMILES string of the molecule is O=C(CC(NC(=O)OCC1c2ccccc2-c2ccccc21)C1CC1)NC1CC2CC2(C(=O)O)C1. The largest absolute Gasteiger partial charge is 0.481 e. The second-order valence-electron chi connectivity index (χ2n) is 10.7. The van der Waals surface area contributed by atoms with Gasteiger partial charge >= 0.3 is 12.1 Å². The van der Waals surface area contributed by atoms with Gasteiger partial charge in [-0.15, -0.1) is 0 Å². The van der Waals surface area contributed by atoms with Gasteiger partial charge in [-0.3, -0.25) is 9.59 Å². The fraction of sp³-hybridized carbons (Fsp3) is 0.464. The van der Waals surface area contributed by atoms with Crippen molar-refractivity contribution in [3.8, 4) is 11.1 Å². The smallest absolute Gasteiger partial charge is 0.407 e. The molecule has 0 saturated heterocycles. The maximum absolute atomic E-state index is 12.7. The Morgan fingerprint density at radius 2 is 1.66 bits per heavy atom. The molecule has 7 nitrogen and oxygen atoms in total. The highest BCUT2D eigenvalue weighted by atomic mass is 16.5. The van der Waals surface area contributed by atoms with Gasteiger partial charge in [0.05, 0.1) is 5.41 Å². The van der Waals surface area contributed by atoms with E-state index in [4.69, 9.17) is 4.74 Å². The number of hydrogen-bond acceptors (Lipinski definition) is 4. The average molecular weight is 475 g/mol. The number of carboxylic acids is 1. The Hall–Kier alpha value is -3.35. The molecule has 0 aliphatic heterocycles. The number of carbonyl (C=O) groups excluding carboxylic acids is 2. The topological polar surface area (TPSA) is 105 Å². The molecule has 3 fully saturated rings. The van der Waals surface area contributed by atoms with Gasteiger partial charge < -0.3 is 20.5 Å². The van der Waals surface area contributed by atoms with Crippen LogP contribution in [0.15, 0.2) is 48.5 Å². The molecular weight excluding hydrogens is 444 g/mol. The van der Waals surface area contributed by atoms with Crippen LogP contribution in [0.1, 0.15) is 55.6 Å². The van der Waals surface area contributed by atoms with E-state index >= 15 is 0 Å². The number of alkyl carbamates (subject to hydrolysis) is 1. The van der Waals surface area contributed by atoms with Crippen LogP contribution in [0.3, 0.4) is 0 Å². The van der Waals surface area contributed by atoms with E-state index in [2.05, 4.69) is 34.9 Å². The Bertz CT molecular complexity index is 1150. The molecule has 3 N–H and O–H groups in total. The molecular formula is C28H30N2O5. The molecule has 4 aliphatic carbocycles. The molecule has 2 aromatic carbocycles. The first-order valence-electron chi connectivity index (χ1n) is 12.6. The summed E-state index contributed by atoms with van der Waals surface area (Å²) in [6.07, 6.45) is 3.62. The Labute approximate surface area is 204 Å². The highest BCUT2D eigenvalue weighted by Gasteiger charge is 2.65. The molecule has 4 atom stereocenters. The average Bonchev–Trinajstić information content (AvgIpc) is 3.75. The van der Waals surface area contributed by atoms with Crippen LogP contribution in [-0.2, 0) is 14.3 Å². The van der Waals surface area contributed by atoms with Crippen LogP contribution in [0.2, 0.25) is 0 Å². The molecule has 0 radical (unpaired) electrons. The Morgan fingerprint density at radius 1 is 1.00 bits per heavy atom. The third-order valence-corrected chi connectivity index (χ3v) is 8.45. The van der Waals surface area contributed by atoms with Gasteiger partial charge in [0.15, 0.2) is 0 Å². The summed E-state index contributed by atoms with van der Waals surface area (Å²) in [4.78, 5) is 36.9. The number of rotatable bonds is 8. The van der Waals surface area contributed by atoms with Crippen molar-refractivity contribution in [2.24, 2.45) is 17.3 Å². The molecule has 0 spiro atoms. The minimum atomic E-state index is -0.743. The Balaban J connectivity index is 1.04. The van der Waals surface area contributed by atoms with Gasteiger partial charge in [-0.2, -0.15) is 0 Å². The maximum atomic E-state index is 12.7. The van der Waals surface area contributed by atoms with Crippen molar-refractivity contribution >= 4 is 18.0 Å². The molecule has 6 rings (SSSR count). The molecule has 2 aromatic rings. The van der Waals surface area contributed by atoms with Crippen molar-refractivity contribution in [3.05, 3.63) is 59.7 Å². The van der Waals surface area contributed by atoms with Crippen LogP contribution in [0.5, 0.6) is 0 Å². The van der Waals surface area contributed by atoms with E-state index in [0.29, 0.717) is 6.42 Å². The van der Waals surface area contributed by atoms with Crippen LogP contribution in [-0.4, -0.2) is 41.8 Å². The number of hydrogen-bond donors (Lipinski definition) is 3. The van der Waals surface area contributed by atoms with E-state index in [1.807, 2.05) is 24.3 Å². The van der Waals surface area contributed by atoms with Crippen LogP contribution >= 0.6 is 0 Å². The number of fused-ring (bicyclic) bond motifs is 4. The van der Waals surface area contributed by atoms with Gasteiger partial charge in [0.1, 0.15) is 6.61 Å². The molecule has 3 saturated carbocycles. The first-order chi connectivity index (χ1) is 16.9. The normalized spacial score (nSPS) is 26.7. The van der Waals surface area contributed by atoms with Gasteiger partial charge in [0.2, 0.25) is 5.91 Å². The number of amides is 2. The van der Waals surface area contributed by atoms with Gasteiger partial charge in [0.25, 0.3) is 0 Å². The molecule has 2 amide bonds. The number of carboxylic acid groups (broad SMARTS) is 1. The number of ether oxygens (including phenoxy) is 1. The van der Waals surface area contributed by atoms with E-state index in [1.165, 1.54) is 11.1 Å². The zero-order valence-corrected chi connectivity index (χ0v) is 19.5. The number of benzene rings is 2. The Morgan fingerprint density at radius 3 is 2.26 bits per heavy atom. The van der Waals surface area contributed by atoms with Gasteiger partial charge in [-0.25, -0.2) is 4.79 Å². The summed E-state index contributed by atoms with van der Waals surface area (Å²) in [6, 6.07) is 16.1. The summed E-state index contributed by atoms with van der Waals surface area (Å²) >= 11 is 0. The lowest BCUT2D eigenvalue weighted by Gasteiger charge is -2.21. The summed E-state index contributed by atoms with van der Waals surface area (Å²) < 4.78 is 5.68. The van der Waals surface area contributed by atoms with Crippen molar-refractivity contribution in [2.45, 2.75) is 56.5 Å². The van der Waals surface area contributed by atoms with Crippen molar-refractivity contribution in [1.82, 2.24) is 10.6 Å². The molecule has 4 aliphatic rings. The first-order valence-corrected chi connectivity index (χ1v) is 12.6. The standard InChI is InChI=1S/C28H30N2O5/c31-25(29-18-11-17-13-28(17,14-18)26(32)33)12-24(16-9-10-16)30-27(34)35-15-23-21-7-3-1-5-19(21)20-6-2-4-8-22(20)23/h1-8,16-18,23-24H,9-15H2,(H,29,31)(H,30,34)(H,32,33). The van der Waals surface area contributed by atoms with E-state index in [1.54, 1.807) is 0 Å². The lowest BCUT2D eigenvalue weighted by Crippen LogP contribution is -2.43. The summed E-state index contributed by atoms with van der Waals surface area (Å²) in [5, 5.41) is 15.4. The quantitative estimate of drug-likeness (QED) is 0.535. The summed E-state index contributed by atoms with van der Waals surface area (Å²) in [6.45, 7) is 0.240. The zero-order valence-electron chi connectivity index (χ0n) is 19.5. The van der Waals surface area contributed by atoms with Crippen LogP contribution in [0.4, 0.5) is 4.79 Å². The van der Waals surface area contributed by atoms with Crippen molar-refractivity contribution in [1.29, 1.82) is 0 Å². The number of carbonyl (C=O) groups is 3. The molecule has 0 bridgehead atoms. The van der Waals surface area contributed by atoms with Crippen molar-refractivity contribution in [3.63, 3.8) is 0 Å². The van der Waals surface area contributed by atoms with E-state index in [9.17, 15) is 19.5 Å². The van der Waals surface area contributed by atoms with Crippen LogP contribution in [0.25, 0.3) is 11.1 Å². The fourth-order valence-electron chi connectivity index (χ4n) is 6.38. The second-order valence-corrected chi connectivity index (χ2v) is 10.7. The van der Waals surface area contributed by atoms with Crippen LogP contribution in [0, 0.1) is 17.3 Å². The van der Waals surface area contributed by atoms with Gasteiger partial charge in [-0.05, 0) is 66.2 Å². The van der Waals surface area contributed by atoms with E-state index in [-0.39, 0.29) is 48.8 Å². The zero-order chi connectivity index (χ0) is 24.2. The highest BCUT2D eigenvalue weighted by Crippen LogP contribution is 2.63. The third-order valence-electron chi connectivity index (χ3n) is 8.45. The summed E-state index contributed by atoms with van der Waals surface area (Å²) in [7, 11) is 0. The van der Waals surface area contributed by atoms with Gasteiger partial charge in [0, 0.05) is 24.4 Å². The minimum absolute atomic E-state index is 0.00817. The predicted molar refractivity (Wildman–Crippen MR) is 129 cm³/mol. The van der Waals surface area contributed by atoms with Gasteiger partial charge in [-0.1, -0.05) is 48.5 Å². The Kier molecular flexibility index (Phi) is 5.31. The fourth-order valence-corrected chi connectivity index (χ4v) is 6.38. The predicted octanol–water partition coefficient (Wildman–Crippen LogP) is 4.06. The van der Waals surface area contributed by atoms with E-state index < -0.39 is 17.5 Å². The van der Waals surface area contributed by atoms with Crippen LogP contribution < -0.4 is 10.6 Å². The van der Waals surface area contributed by atoms with E-state index in [0.717, 1.165) is 36.8 Å². The molecule has 7 heteroatoms. The summed E-state index contributed by atoms with van der Waals surface area (Å²) in [5.41, 5.74) is 4.06. The highest BCUT2D eigenvalue weighted by molar-refractivity contribution is 5.81. The maximum Gasteiger partial charge on any atom is 0.407 e. The molecule has 4 unspecified atom stereocenters. The van der Waals surface area contributed by atoms with Crippen molar-refractivity contribution in [2.75, 3.05) is 6.61 Å². The second kappa shape index (κ2) is 8.40.